The molecule has 0 radical (unpaired) electrons. The predicted molar refractivity (Wildman–Crippen MR) is 84.8 cm³/mol. The molecular formula is C16H19F4NO3S. The van der Waals surface area contributed by atoms with E-state index in [2.05, 4.69) is 0 Å². The van der Waals surface area contributed by atoms with E-state index in [4.69, 9.17) is 4.74 Å². The van der Waals surface area contributed by atoms with Crippen molar-refractivity contribution in [1.29, 1.82) is 0 Å². The largest absolute Gasteiger partial charge is 0.616 e. The molecule has 1 heterocycles. The molecule has 25 heavy (non-hydrogen) atoms. The maximum atomic E-state index is 13.8. The lowest BCUT2D eigenvalue weighted by atomic mass is 10.1. The van der Waals surface area contributed by atoms with Gasteiger partial charge >= 0.3 is 12.3 Å². The molecule has 1 aromatic carbocycles. The Kier molecular flexibility index (Phi) is 5.58. The van der Waals surface area contributed by atoms with Gasteiger partial charge in [0.25, 0.3) is 0 Å². The summed E-state index contributed by atoms with van der Waals surface area (Å²) in [5, 5.41) is -0.506. The summed E-state index contributed by atoms with van der Waals surface area (Å²) in [5.74, 6) is -1.58. The molecule has 0 saturated carbocycles. The normalized spacial score (nSPS) is 17.2. The molecule has 1 atom stereocenters. The van der Waals surface area contributed by atoms with Gasteiger partial charge in [0.1, 0.15) is 17.2 Å². The summed E-state index contributed by atoms with van der Waals surface area (Å²) in [6.45, 7) is 5.33. The lowest BCUT2D eigenvalue weighted by Gasteiger charge is -2.39. The first-order valence-corrected chi connectivity index (χ1v) is 8.96. The highest BCUT2D eigenvalue weighted by atomic mass is 32.2. The number of halogens is 4. The van der Waals surface area contributed by atoms with Crippen molar-refractivity contribution in [3.05, 3.63) is 35.1 Å². The second kappa shape index (κ2) is 7.03. The van der Waals surface area contributed by atoms with Crippen LogP contribution in [0.2, 0.25) is 0 Å². The number of carbonyl (C=O) groups is 1. The van der Waals surface area contributed by atoms with E-state index in [1.165, 1.54) is 4.90 Å². The molecule has 1 amide bonds. The fourth-order valence-electron chi connectivity index (χ4n) is 2.31. The quantitative estimate of drug-likeness (QED) is 0.592. The Labute approximate surface area is 146 Å². The Morgan fingerprint density at radius 2 is 1.92 bits per heavy atom. The van der Waals surface area contributed by atoms with Crippen molar-refractivity contribution in [2.24, 2.45) is 0 Å². The standard InChI is InChI=1S/C16H19F4NO3S/c1-15(2,3)24-14(22)21-7-10(8-21)25(23)9-11-12(16(18,19)20)5-4-6-13(11)17/h4-6,10H,7-9H2,1-3H3. The van der Waals surface area contributed by atoms with E-state index < -0.39 is 57.0 Å². The van der Waals surface area contributed by atoms with Gasteiger partial charge in [0, 0.05) is 5.56 Å². The highest BCUT2D eigenvalue weighted by Crippen LogP contribution is 2.35. The summed E-state index contributed by atoms with van der Waals surface area (Å²) < 4.78 is 70.1. The second-order valence-corrected chi connectivity index (χ2v) is 8.51. The van der Waals surface area contributed by atoms with Crippen LogP contribution < -0.4 is 0 Å². The number of benzene rings is 1. The highest BCUT2D eigenvalue weighted by Gasteiger charge is 2.42. The first kappa shape index (κ1) is 19.8. The van der Waals surface area contributed by atoms with Crippen LogP contribution in [-0.4, -0.2) is 39.5 Å². The van der Waals surface area contributed by atoms with Gasteiger partial charge in [-0.25, -0.2) is 9.18 Å². The van der Waals surface area contributed by atoms with E-state index in [0.717, 1.165) is 18.2 Å². The average Bonchev–Trinajstić information content (AvgIpc) is 2.35. The fourth-order valence-corrected chi connectivity index (χ4v) is 3.82. The van der Waals surface area contributed by atoms with Crippen molar-refractivity contribution in [2.75, 3.05) is 13.1 Å². The lowest BCUT2D eigenvalue weighted by Crippen LogP contribution is -2.58. The number of alkyl halides is 3. The van der Waals surface area contributed by atoms with Gasteiger partial charge in [-0.2, -0.15) is 13.2 Å². The van der Waals surface area contributed by atoms with Crippen molar-refractivity contribution in [3.8, 4) is 0 Å². The molecule has 0 bridgehead atoms. The second-order valence-electron chi connectivity index (χ2n) is 6.80. The summed E-state index contributed by atoms with van der Waals surface area (Å²) in [6, 6.07) is 2.65. The molecule has 4 nitrogen and oxygen atoms in total. The number of ether oxygens (including phenoxy) is 1. The van der Waals surface area contributed by atoms with Crippen molar-refractivity contribution < 1.29 is 31.6 Å². The molecule has 1 aliphatic heterocycles. The molecular weight excluding hydrogens is 362 g/mol. The Bertz CT molecular complexity index is 639. The molecule has 2 rings (SSSR count). The van der Waals surface area contributed by atoms with Gasteiger partial charge in [0.2, 0.25) is 0 Å². The molecule has 0 N–H and O–H groups in total. The molecule has 1 aliphatic rings. The van der Waals surface area contributed by atoms with Crippen LogP contribution in [0.1, 0.15) is 31.9 Å². The predicted octanol–water partition coefficient (Wildman–Crippen LogP) is 3.71. The zero-order chi connectivity index (χ0) is 19.0. The van der Waals surface area contributed by atoms with Crippen LogP contribution >= 0.6 is 0 Å². The van der Waals surface area contributed by atoms with E-state index in [0.29, 0.717) is 0 Å². The monoisotopic (exact) mass is 381 g/mol. The van der Waals surface area contributed by atoms with E-state index >= 15 is 0 Å². The van der Waals surface area contributed by atoms with E-state index in [1.54, 1.807) is 20.8 Å². The van der Waals surface area contributed by atoms with Crippen LogP contribution in [0.25, 0.3) is 0 Å². The summed E-state index contributed by atoms with van der Waals surface area (Å²) in [6.07, 6.45) is -5.29. The molecule has 1 aromatic rings. The van der Waals surface area contributed by atoms with Gasteiger partial charge in [-0.1, -0.05) is 6.07 Å². The van der Waals surface area contributed by atoms with Crippen LogP contribution in [0.5, 0.6) is 0 Å². The topological polar surface area (TPSA) is 52.6 Å². The van der Waals surface area contributed by atoms with Gasteiger partial charge in [-0.15, -0.1) is 0 Å². The van der Waals surface area contributed by atoms with Crippen molar-refractivity contribution in [3.63, 3.8) is 0 Å². The number of amides is 1. The maximum Gasteiger partial charge on any atom is 0.416 e. The number of likely N-dealkylation sites (tertiary alicyclic amines) is 1. The molecule has 0 aliphatic carbocycles. The van der Waals surface area contributed by atoms with E-state index in [1.807, 2.05) is 0 Å². The minimum absolute atomic E-state index is 0.108. The van der Waals surface area contributed by atoms with E-state index in [9.17, 15) is 26.9 Å². The van der Waals surface area contributed by atoms with Gasteiger partial charge in [-0.05, 0) is 44.1 Å². The van der Waals surface area contributed by atoms with E-state index in [-0.39, 0.29) is 13.1 Å². The summed E-state index contributed by atoms with van der Waals surface area (Å²) >= 11 is -1.73. The zero-order valence-electron chi connectivity index (χ0n) is 14.0. The highest BCUT2D eigenvalue weighted by molar-refractivity contribution is 7.91. The SMILES string of the molecule is CC(C)(C)OC(=O)N1CC([S+]([O-])Cc2c(F)cccc2C(F)(F)F)C1. The molecule has 0 aromatic heterocycles. The van der Waals surface area contributed by atoms with Crippen molar-refractivity contribution in [1.82, 2.24) is 4.90 Å². The molecule has 1 unspecified atom stereocenters. The molecule has 1 fully saturated rings. The number of hydrogen-bond donors (Lipinski definition) is 0. The summed E-state index contributed by atoms with van der Waals surface area (Å²) in [5.41, 5.74) is -2.40. The zero-order valence-corrected chi connectivity index (χ0v) is 14.8. The average molecular weight is 381 g/mol. The van der Waals surface area contributed by atoms with Crippen LogP contribution in [0, 0.1) is 5.82 Å². The molecule has 9 heteroatoms. The minimum atomic E-state index is -4.72. The maximum absolute atomic E-state index is 13.8. The van der Waals surface area contributed by atoms with Gasteiger partial charge in [-0.3, -0.25) is 4.90 Å². The third-order valence-corrected chi connectivity index (χ3v) is 5.20. The first-order chi connectivity index (χ1) is 11.4. The summed E-state index contributed by atoms with van der Waals surface area (Å²) in [7, 11) is 0. The Morgan fingerprint density at radius 1 is 1.32 bits per heavy atom. The van der Waals surface area contributed by atoms with Gasteiger partial charge in [0.15, 0.2) is 5.25 Å². The molecule has 1 saturated heterocycles. The van der Waals surface area contributed by atoms with Crippen LogP contribution in [0.3, 0.4) is 0 Å². The Hall–Kier alpha value is -1.48. The molecule has 140 valence electrons. The van der Waals surface area contributed by atoms with Gasteiger partial charge < -0.3 is 9.29 Å². The first-order valence-electron chi connectivity index (χ1n) is 7.58. The fraction of sp³-hybridized carbons (Fsp3) is 0.562. The smallest absolute Gasteiger partial charge is 0.416 e. The third-order valence-electron chi connectivity index (χ3n) is 3.58. The summed E-state index contributed by atoms with van der Waals surface area (Å²) in [4.78, 5) is 13.1. The molecule has 0 spiro atoms. The Balaban J connectivity index is 1.99. The van der Waals surface area contributed by atoms with Crippen LogP contribution in [-0.2, 0) is 27.8 Å². The third kappa shape index (κ3) is 5.01. The Morgan fingerprint density at radius 3 is 2.44 bits per heavy atom. The number of rotatable bonds is 3. The van der Waals surface area contributed by atoms with Gasteiger partial charge in [0.05, 0.1) is 18.7 Å². The number of hydrogen-bond acceptors (Lipinski definition) is 3. The van der Waals surface area contributed by atoms with Crippen LogP contribution in [0.15, 0.2) is 18.2 Å². The van der Waals surface area contributed by atoms with Crippen molar-refractivity contribution >= 4 is 17.3 Å². The lowest BCUT2D eigenvalue weighted by molar-refractivity contribution is -0.138. The number of nitrogens with zero attached hydrogens (tertiary/aromatic N) is 1. The van der Waals surface area contributed by atoms with Crippen molar-refractivity contribution in [2.45, 2.75) is 43.6 Å². The minimum Gasteiger partial charge on any atom is -0.616 e. The number of carbonyl (C=O) groups excluding carboxylic acids is 1. The van der Waals surface area contributed by atoms with Crippen LogP contribution in [0.4, 0.5) is 22.4 Å².